The average Bonchev–Trinajstić information content (AvgIpc) is 2.32. The summed E-state index contributed by atoms with van der Waals surface area (Å²) in [5, 5.41) is 0. The third-order valence-electron chi connectivity index (χ3n) is 2.55. The van der Waals surface area contributed by atoms with Crippen LogP contribution in [-0.4, -0.2) is 30.5 Å². The first kappa shape index (κ1) is 12.6. The lowest BCUT2D eigenvalue weighted by Gasteiger charge is -2.32. The second kappa shape index (κ2) is 4.45. The number of aliphatic imine (C=N–C) groups is 1. The molecule has 8 heteroatoms. The number of nitrogens with zero attached hydrogens (tertiary/aromatic N) is 2. The van der Waals surface area contributed by atoms with Crippen LogP contribution in [0.3, 0.4) is 0 Å². The molecule has 0 unspecified atom stereocenters. The third kappa shape index (κ3) is 1.99. The summed E-state index contributed by atoms with van der Waals surface area (Å²) >= 11 is 0. The third-order valence-corrected chi connectivity index (χ3v) is 2.55. The lowest BCUT2D eigenvalue weighted by molar-refractivity contribution is -0.0168. The lowest BCUT2D eigenvalue weighted by atomic mass is 9.95. The minimum absolute atomic E-state index is 0.0710. The molecule has 18 heavy (non-hydrogen) atoms. The van der Waals surface area contributed by atoms with E-state index in [9.17, 15) is 13.2 Å². The highest BCUT2D eigenvalue weighted by Crippen LogP contribution is 2.35. The van der Waals surface area contributed by atoms with Gasteiger partial charge in [0.05, 0.1) is 6.61 Å². The molecule has 2 rings (SSSR count). The van der Waals surface area contributed by atoms with Gasteiger partial charge in [-0.25, -0.2) is 23.1 Å². The van der Waals surface area contributed by atoms with Gasteiger partial charge in [-0.1, -0.05) is 0 Å². The number of aromatic nitrogens is 1. The molecule has 0 spiro atoms. The van der Waals surface area contributed by atoms with Gasteiger partial charge in [0.1, 0.15) is 29.8 Å². The van der Waals surface area contributed by atoms with Gasteiger partial charge in [-0.3, -0.25) is 0 Å². The fourth-order valence-corrected chi connectivity index (χ4v) is 1.73. The van der Waals surface area contributed by atoms with Gasteiger partial charge in [-0.15, -0.1) is 0 Å². The summed E-state index contributed by atoms with van der Waals surface area (Å²) < 4.78 is 45.1. The van der Waals surface area contributed by atoms with E-state index in [2.05, 4.69) is 9.98 Å². The standard InChI is InChI=1S/C10H11F3N4O/c11-5-1-2-6(14)16-8(5)10(9(12)13)4-18-3-7(15)17-10/h1-2,9H,3-4H2,(H2,14,16)(H2,15,17)/t10-/m0/s1. The van der Waals surface area contributed by atoms with E-state index in [4.69, 9.17) is 16.2 Å². The molecule has 0 saturated carbocycles. The van der Waals surface area contributed by atoms with Crippen molar-refractivity contribution >= 4 is 11.7 Å². The van der Waals surface area contributed by atoms with Crippen LogP contribution in [0.1, 0.15) is 5.69 Å². The average molecular weight is 260 g/mol. The Morgan fingerprint density at radius 1 is 1.33 bits per heavy atom. The Bertz CT molecular complexity index is 494. The van der Waals surface area contributed by atoms with Crippen LogP contribution in [0.2, 0.25) is 0 Å². The summed E-state index contributed by atoms with van der Waals surface area (Å²) in [6.45, 7) is -0.572. The molecule has 0 amide bonds. The number of hydrogen-bond donors (Lipinski definition) is 2. The van der Waals surface area contributed by atoms with E-state index in [1.54, 1.807) is 0 Å². The zero-order valence-corrected chi connectivity index (χ0v) is 9.24. The van der Waals surface area contributed by atoms with Gasteiger partial charge in [0, 0.05) is 0 Å². The molecule has 2 heterocycles. The SMILES string of the molecule is NC1=N[C@@](c2nc(N)ccc2F)(C(F)F)COC1. The van der Waals surface area contributed by atoms with Crippen molar-refractivity contribution in [3.63, 3.8) is 0 Å². The summed E-state index contributed by atoms with van der Waals surface area (Å²) in [4.78, 5) is 7.25. The molecule has 1 atom stereocenters. The van der Waals surface area contributed by atoms with Gasteiger partial charge in [-0.2, -0.15) is 0 Å². The van der Waals surface area contributed by atoms with Crippen LogP contribution in [-0.2, 0) is 10.3 Å². The summed E-state index contributed by atoms with van der Waals surface area (Å²) in [6, 6.07) is 2.14. The first-order valence-corrected chi connectivity index (χ1v) is 5.08. The van der Waals surface area contributed by atoms with Crippen LogP contribution in [0.15, 0.2) is 17.1 Å². The number of ether oxygens (including phenoxy) is 1. The lowest BCUT2D eigenvalue weighted by Crippen LogP contribution is -2.46. The van der Waals surface area contributed by atoms with Gasteiger partial charge < -0.3 is 16.2 Å². The second-order valence-corrected chi connectivity index (χ2v) is 3.89. The van der Waals surface area contributed by atoms with Crippen LogP contribution in [0, 0.1) is 5.82 Å². The normalized spacial score (nSPS) is 24.1. The topological polar surface area (TPSA) is 86.5 Å². The number of rotatable bonds is 2. The summed E-state index contributed by atoms with van der Waals surface area (Å²) in [5.74, 6) is -1.14. The molecule has 0 bridgehead atoms. The Kier molecular flexibility index (Phi) is 3.12. The first-order valence-electron chi connectivity index (χ1n) is 5.08. The minimum atomic E-state index is -3.01. The Labute approximate surface area is 101 Å². The monoisotopic (exact) mass is 260 g/mol. The van der Waals surface area contributed by atoms with Crippen LogP contribution >= 0.6 is 0 Å². The second-order valence-electron chi connectivity index (χ2n) is 3.89. The number of anilines is 1. The molecule has 1 aromatic heterocycles. The van der Waals surface area contributed by atoms with E-state index in [0.717, 1.165) is 6.07 Å². The molecule has 5 nitrogen and oxygen atoms in total. The predicted octanol–water partition coefficient (Wildman–Crippen LogP) is 0.651. The fourth-order valence-electron chi connectivity index (χ4n) is 1.73. The van der Waals surface area contributed by atoms with Crippen LogP contribution in [0.4, 0.5) is 19.0 Å². The Morgan fingerprint density at radius 2 is 2.06 bits per heavy atom. The fraction of sp³-hybridized carbons (Fsp3) is 0.400. The van der Waals surface area contributed by atoms with E-state index >= 15 is 0 Å². The maximum Gasteiger partial charge on any atom is 0.271 e. The number of pyridine rings is 1. The molecular formula is C10H11F3N4O. The van der Waals surface area contributed by atoms with E-state index in [-0.39, 0.29) is 18.3 Å². The molecule has 0 saturated heterocycles. The van der Waals surface area contributed by atoms with Crippen molar-refractivity contribution in [3.05, 3.63) is 23.6 Å². The highest BCUT2D eigenvalue weighted by atomic mass is 19.3. The van der Waals surface area contributed by atoms with Gasteiger partial charge >= 0.3 is 0 Å². The number of nitrogen functional groups attached to an aromatic ring is 1. The number of amidine groups is 1. The van der Waals surface area contributed by atoms with Crippen LogP contribution in [0.5, 0.6) is 0 Å². The molecule has 0 radical (unpaired) electrons. The first-order chi connectivity index (χ1) is 8.45. The molecule has 1 aliphatic rings. The molecule has 0 aliphatic carbocycles. The maximum atomic E-state index is 13.7. The van der Waals surface area contributed by atoms with E-state index in [0.29, 0.717) is 0 Å². The van der Waals surface area contributed by atoms with E-state index in [1.807, 2.05) is 0 Å². The van der Waals surface area contributed by atoms with Crippen molar-refractivity contribution in [2.75, 3.05) is 18.9 Å². The molecule has 0 fully saturated rings. The summed E-state index contributed by atoms with van der Waals surface area (Å²) in [5.41, 5.74) is 7.98. The minimum Gasteiger partial charge on any atom is -0.385 e. The van der Waals surface area contributed by atoms with Crippen molar-refractivity contribution in [3.8, 4) is 0 Å². The van der Waals surface area contributed by atoms with Gasteiger partial charge in [0.15, 0.2) is 5.54 Å². The number of halogens is 3. The van der Waals surface area contributed by atoms with Gasteiger partial charge in [0.2, 0.25) is 0 Å². The molecular weight excluding hydrogens is 249 g/mol. The Hall–Kier alpha value is -1.83. The molecule has 4 N–H and O–H groups in total. The van der Waals surface area contributed by atoms with Crippen molar-refractivity contribution in [1.29, 1.82) is 0 Å². The Morgan fingerprint density at radius 3 is 2.67 bits per heavy atom. The van der Waals surface area contributed by atoms with Crippen LogP contribution < -0.4 is 11.5 Å². The van der Waals surface area contributed by atoms with E-state index in [1.165, 1.54) is 6.07 Å². The van der Waals surface area contributed by atoms with Crippen LogP contribution in [0.25, 0.3) is 0 Å². The smallest absolute Gasteiger partial charge is 0.271 e. The van der Waals surface area contributed by atoms with Crippen molar-refractivity contribution in [1.82, 2.24) is 4.98 Å². The summed E-state index contributed by atoms with van der Waals surface area (Å²) in [6.07, 6.45) is -3.01. The number of alkyl halides is 2. The zero-order chi connectivity index (χ0) is 13.3. The molecule has 98 valence electrons. The number of hydrogen-bond acceptors (Lipinski definition) is 5. The van der Waals surface area contributed by atoms with Gasteiger partial charge in [0.25, 0.3) is 6.43 Å². The quantitative estimate of drug-likeness (QED) is 0.817. The molecule has 0 aromatic carbocycles. The highest BCUT2D eigenvalue weighted by molar-refractivity contribution is 5.82. The molecule has 1 aliphatic heterocycles. The maximum absolute atomic E-state index is 13.7. The molecule has 1 aromatic rings. The summed E-state index contributed by atoms with van der Waals surface area (Å²) in [7, 11) is 0. The van der Waals surface area contributed by atoms with Crippen molar-refractivity contribution < 1.29 is 17.9 Å². The largest absolute Gasteiger partial charge is 0.385 e. The predicted molar refractivity (Wildman–Crippen MR) is 58.7 cm³/mol. The zero-order valence-electron chi connectivity index (χ0n) is 9.24. The Balaban J connectivity index is 2.61. The van der Waals surface area contributed by atoms with Crippen molar-refractivity contribution in [2.24, 2.45) is 10.7 Å². The highest BCUT2D eigenvalue weighted by Gasteiger charge is 2.47. The van der Waals surface area contributed by atoms with E-state index < -0.39 is 30.1 Å². The van der Waals surface area contributed by atoms with Crippen molar-refractivity contribution in [2.45, 2.75) is 12.0 Å². The number of nitrogens with two attached hydrogens (primary N) is 2. The van der Waals surface area contributed by atoms with Gasteiger partial charge in [-0.05, 0) is 12.1 Å².